The Morgan fingerprint density at radius 3 is 2.69 bits per heavy atom. The average Bonchev–Trinajstić information content (AvgIpc) is 2.08. The highest BCUT2D eigenvalue weighted by atomic mass is 79.9. The van der Waals surface area contributed by atoms with Crippen molar-refractivity contribution in [3.8, 4) is 0 Å². The van der Waals surface area contributed by atoms with Gasteiger partial charge in [0, 0.05) is 0 Å². The van der Waals surface area contributed by atoms with Crippen LogP contribution < -0.4 is 5.73 Å². The average molecular weight is 269 g/mol. The van der Waals surface area contributed by atoms with Crippen molar-refractivity contribution in [2.24, 2.45) is 5.73 Å². The highest BCUT2D eigenvalue weighted by molar-refractivity contribution is 9.10. The Kier molecular flexibility index (Phi) is 5.13. The minimum Gasteiger partial charge on any atom is -0.324 e. The fraction of sp³-hybridized carbons (Fsp3) is 0.125. The van der Waals surface area contributed by atoms with E-state index in [0.29, 0.717) is 0 Å². The lowest BCUT2D eigenvalue weighted by molar-refractivity contribution is 0.0997. The van der Waals surface area contributed by atoms with Crippen LogP contribution in [-0.4, -0.2) is 12.3 Å². The SMILES string of the molecule is Cl.NCC(=O)c1cccc(Br)c1F. The molecule has 0 aliphatic rings. The number of hydrogen-bond acceptors (Lipinski definition) is 2. The number of benzene rings is 1. The van der Waals surface area contributed by atoms with E-state index < -0.39 is 11.6 Å². The van der Waals surface area contributed by atoms with Crippen molar-refractivity contribution < 1.29 is 9.18 Å². The summed E-state index contributed by atoms with van der Waals surface area (Å²) in [6.45, 7) is -0.173. The number of halogens is 3. The predicted octanol–water partition coefficient (Wildman–Crippen LogP) is 2.15. The molecule has 1 aromatic rings. The van der Waals surface area contributed by atoms with Crippen LogP contribution in [0.3, 0.4) is 0 Å². The first kappa shape index (κ1) is 12.6. The lowest BCUT2D eigenvalue weighted by Crippen LogP contribution is -2.15. The lowest BCUT2D eigenvalue weighted by Gasteiger charge is -2.00. The Morgan fingerprint density at radius 2 is 2.15 bits per heavy atom. The molecule has 2 nitrogen and oxygen atoms in total. The first-order valence-electron chi connectivity index (χ1n) is 3.34. The second-order valence-corrected chi connectivity index (χ2v) is 3.08. The fourth-order valence-corrected chi connectivity index (χ4v) is 1.20. The molecule has 1 rings (SSSR count). The van der Waals surface area contributed by atoms with E-state index in [1.54, 1.807) is 6.07 Å². The maximum Gasteiger partial charge on any atom is 0.179 e. The van der Waals surface area contributed by atoms with Gasteiger partial charge in [0.25, 0.3) is 0 Å². The molecule has 2 N–H and O–H groups in total. The Bertz CT molecular complexity index is 319. The molecule has 0 amide bonds. The maximum atomic E-state index is 13.1. The van der Waals surface area contributed by atoms with Gasteiger partial charge in [0.05, 0.1) is 16.6 Å². The van der Waals surface area contributed by atoms with Crippen LogP contribution in [-0.2, 0) is 0 Å². The molecule has 0 radical (unpaired) electrons. The van der Waals surface area contributed by atoms with Gasteiger partial charge in [-0.25, -0.2) is 4.39 Å². The van der Waals surface area contributed by atoms with E-state index in [-0.39, 0.29) is 29.0 Å². The molecule has 0 spiro atoms. The Hall–Kier alpha value is -0.450. The zero-order chi connectivity index (χ0) is 9.14. The summed E-state index contributed by atoms with van der Waals surface area (Å²) in [5.74, 6) is -0.943. The van der Waals surface area contributed by atoms with Gasteiger partial charge in [0.15, 0.2) is 5.78 Å². The fourth-order valence-electron chi connectivity index (χ4n) is 0.829. The summed E-state index contributed by atoms with van der Waals surface area (Å²) < 4.78 is 13.4. The van der Waals surface area contributed by atoms with Crippen LogP contribution in [0.2, 0.25) is 0 Å². The third-order valence-electron chi connectivity index (χ3n) is 1.44. The van der Waals surface area contributed by atoms with Crippen molar-refractivity contribution in [2.45, 2.75) is 0 Å². The summed E-state index contributed by atoms with van der Waals surface area (Å²) in [6, 6.07) is 4.54. The van der Waals surface area contributed by atoms with E-state index in [9.17, 15) is 9.18 Å². The number of rotatable bonds is 2. The van der Waals surface area contributed by atoms with E-state index in [1.165, 1.54) is 12.1 Å². The second kappa shape index (κ2) is 5.32. The van der Waals surface area contributed by atoms with Crippen LogP contribution in [0.4, 0.5) is 4.39 Å². The number of ketones is 1. The smallest absolute Gasteiger partial charge is 0.179 e. The van der Waals surface area contributed by atoms with Gasteiger partial charge in [0.1, 0.15) is 5.82 Å². The van der Waals surface area contributed by atoms with E-state index in [2.05, 4.69) is 15.9 Å². The first-order chi connectivity index (χ1) is 5.66. The van der Waals surface area contributed by atoms with Crippen molar-refractivity contribution in [3.05, 3.63) is 34.1 Å². The number of Topliss-reactive ketones (excluding diaryl/α,β-unsaturated/α-hetero) is 1. The summed E-state index contributed by atoms with van der Waals surface area (Å²) in [5, 5.41) is 0. The molecule has 5 heteroatoms. The van der Waals surface area contributed by atoms with E-state index >= 15 is 0 Å². The molecule has 0 bridgehead atoms. The number of carbonyl (C=O) groups excluding carboxylic acids is 1. The van der Waals surface area contributed by atoms with Gasteiger partial charge in [-0.2, -0.15) is 0 Å². The molecule has 0 aliphatic heterocycles. The molecular weight excluding hydrogens is 260 g/mol. The molecule has 13 heavy (non-hydrogen) atoms. The summed E-state index contributed by atoms with van der Waals surface area (Å²) >= 11 is 2.98. The van der Waals surface area contributed by atoms with Gasteiger partial charge < -0.3 is 5.73 Å². The zero-order valence-electron chi connectivity index (χ0n) is 6.59. The van der Waals surface area contributed by atoms with Gasteiger partial charge in [-0.1, -0.05) is 6.07 Å². The topological polar surface area (TPSA) is 43.1 Å². The minimum absolute atomic E-state index is 0. The van der Waals surface area contributed by atoms with Crippen LogP contribution >= 0.6 is 28.3 Å². The Labute approximate surface area is 89.8 Å². The molecule has 72 valence electrons. The van der Waals surface area contributed by atoms with Crippen molar-refractivity contribution in [2.75, 3.05) is 6.54 Å². The summed E-state index contributed by atoms with van der Waals surface area (Å²) in [6.07, 6.45) is 0. The number of carbonyl (C=O) groups is 1. The van der Waals surface area contributed by atoms with Crippen molar-refractivity contribution in [1.29, 1.82) is 0 Å². The second-order valence-electron chi connectivity index (χ2n) is 2.23. The van der Waals surface area contributed by atoms with Crippen LogP contribution in [0.25, 0.3) is 0 Å². The molecule has 0 heterocycles. The first-order valence-corrected chi connectivity index (χ1v) is 4.13. The third kappa shape index (κ3) is 2.76. The monoisotopic (exact) mass is 267 g/mol. The quantitative estimate of drug-likeness (QED) is 0.835. The largest absolute Gasteiger partial charge is 0.324 e. The normalized spacial score (nSPS) is 9.15. The highest BCUT2D eigenvalue weighted by Crippen LogP contribution is 2.18. The maximum absolute atomic E-state index is 13.1. The van der Waals surface area contributed by atoms with Gasteiger partial charge in [0.2, 0.25) is 0 Å². The molecule has 0 saturated carbocycles. The van der Waals surface area contributed by atoms with Crippen LogP contribution in [0, 0.1) is 5.82 Å². The molecule has 1 aromatic carbocycles. The van der Waals surface area contributed by atoms with Gasteiger partial charge in [-0.15, -0.1) is 12.4 Å². The van der Waals surface area contributed by atoms with E-state index in [4.69, 9.17) is 5.73 Å². The molecule has 0 aromatic heterocycles. The summed E-state index contributed by atoms with van der Waals surface area (Å²) in [5.41, 5.74) is 5.13. The zero-order valence-corrected chi connectivity index (χ0v) is 8.99. The Balaban J connectivity index is 0.00000144. The lowest BCUT2D eigenvalue weighted by atomic mass is 10.1. The summed E-state index contributed by atoms with van der Waals surface area (Å²) in [7, 11) is 0. The van der Waals surface area contributed by atoms with Crippen LogP contribution in [0.15, 0.2) is 22.7 Å². The van der Waals surface area contributed by atoms with Crippen LogP contribution in [0.1, 0.15) is 10.4 Å². The molecule has 0 aliphatic carbocycles. The molecular formula is C8H8BrClFNO. The Morgan fingerprint density at radius 1 is 1.54 bits per heavy atom. The number of nitrogens with two attached hydrogens (primary N) is 1. The molecule has 0 unspecified atom stereocenters. The highest BCUT2D eigenvalue weighted by Gasteiger charge is 2.11. The predicted molar refractivity (Wildman–Crippen MR) is 54.7 cm³/mol. The van der Waals surface area contributed by atoms with Crippen molar-refractivity contribution in [3.63, 3.8) is 0 Å². The van der Waals surface area contributed by atoms with Crippen molar-refractivity contribution >= 4 is 34.1 Å². The van der Waals surface area contributed by atoms with Crippen LogP contribution in [0.5, 0.6) is 0 Å². The van der Waals surface area contributed by atoms with E-state index in [1.807, 2.05) is 0 Å². The van der Waals surface area contributed by atoms with Crippen molar-refractivity contribution in [1.82, 2.24) is 0 Å². The minimum atomic E-state index is -0.548. The molecule has 0 atom stereocenters. The van der Waals surface area contributed by atoms with Gasteiger partial charge in [-0.05, 0) is 28.1 Å². The van der Waals surface area contributed by atoms with Gasteiger partial charge >= 0.3 is 0 Å². The molecule has 0 fully saturated rings. The third-order valence-corrected chi connectivity index (χ3v) is 2.05. The standard InChI is InChI=1S/C8H7BrFNO.ClH/c9-6-3-1-2-5(8(6)10)7(12)4-11;/h1-3H,4,11H2;1H. The van der Waals surface area contributed by atoms with Gasteiger partial charge in [-0.3, -0.25) is 4.79 Å². The number of hydrogen-bond donors (Lipinski definition) is 1. The molecule has 0 saturated heterocycles. The van der Waals surface area contributed by atoms with E-state index in [0.717, 1.165) is 0 Å². The summed E-state index contributed by atoms with van der Waals surface area (Å²) in [4.78, 5) is 11.0.